The van der Waals surface area contributed by atoms with Gasteiger partial charge in [-0.2, -0.15) is 0 Å². The lowest BCUT2D eigenvalue weighted by molar-refractivity contribution is -0.0461. The molecule has 2 atom stereocenters. The second kappa shape index (κ2) is 7.75. The minimum absolute atomic E-state index is 0.0283. The van der Waals surface area contributed by atoms with E-state index in [1.807, 2.05) is 32.0 Å². The molecule has 0 spiro atoms. The lowest BCUT2D eigenvalue weighted by Gasteiger charge is -2.36. The van der Waals surface area contributed by atoms with E-state index in [9.17, 15) is 0 Å². The third-order valence-electron chi connectivity index (χ3n) is 3.79. The molecule has 1 fully saturated rings. The maximum absolute atomic E-state index is 5.94. The molecule has 5 heteroatoms. The van der Waals surface area contributed by atoms with Crippen LogP contribution in [-0.2, 0) is 4.74 Å². The Labute approximate surface area is 127 Å². The highest BCUT2D eigenvalue weighted by atomic mass is 16.5. The first-order valence-electron chi connectivity index (χ1n) is 7.71. The fourth-order valence-electron chi connectivity index (χ4n) is 2.72. The van der Waals surface area contributed by atoms with Gasteiger partial charge >= 0.3 is 0 Å². The third kappa shape index (κ3) is 4.17. The van der Waals surface area contributed by atoms with Gasteiger partial charge in [0.25, 0.3) is 0 Å². The van der Waals surface area contributed by atoms with Crippen molar-refractivity contribution in [1.29, 1.82) is 0 Å². The number of likely N-dealkylation sites (N-methyl/N-ethyl adjacent to an activating group) is 1. The van der Waals surface area contributed by atoms with Gasteiger partial charge in [0.2, 0.25) is 0 Å². The van der Waals surface area contributed by atoms with Gasteiger partial charge in [-0.1, -0.05) is 25.1 Å². The summed E-state index contributed by atoms with van der Waals surface area (Å²) in [5, 5.41) is 0. The SMILES string of the molecule is CCN1CCOC(C(NN)c2ccccc2OC(C)C)C1. The van der Waals surface area contributed by atoms with Gasteiger partial charge in [-0.15, -0.1) is 0 Å². The second-order valence-electron chi connectivity index (χ2n) is 5.65. The van der Waals surface area contributed by atoms with Crippen LogP contribution < -0.4 is 16.0 Å². The minimum atomic E-state index is -0.0747. The second-order valence-corrected chi connectivity index (χ2v) is 5.65. The van der Waals surface area contributed by atoms with Crippen molar-refractivity contribution < 1.29 is 9.47 Å². The number of hydrazine groups is 1. The van der Waals surface area contributed by atoms with E-state index in [0.717, 1.165) is 37.6 Å². The summed E-state index contributed by atoms with van der Waals surface area (Å²) in [6, 6.07) is 7.95. The Balaban J connectivity index is 2.20. The van der Waals surface area contributed by atoms with Gasteiger partial charge in [0.1, 0.15) is 5.75 Å². The summed E-state index contributed by atoms with van der Waals surface area (Å²) in [6.45, 7) is 9.85. The van der Waals surface area contributed by atoms with Gasteiger partial charge in [0.15, 0.2) is 0 Å². The van der Waals surface area contributed by atoms with Crippen LogP contribution in [0.5, 0.6) is 5.75 Å². The van der Waals surface area contributed by atoms with Crippen LogP contribution in [0.15, 0.2) is 24.3 Å². The van der Waals surface area contributed by atoms with Crippen molar-refractivity contribution in [3.8, 4) is 5.75 Å². The molecule has 0 aliphatic carbocycles. The number of morpholine rings is 1. The van der Waals surface area contributed by atoms with Crippen LogP contribution in [-0.4, -0.2) is 43.3 Å². The van der Waals surface area contributed by atoms with Crippen molar-refractivity contribution in [2.24, 2.45) is 5.84 Å². The Hall–Kier alpha value is -1.14. The smallest absolute Gasteiger partial charge is 0.124 e. The molecule has 118 valence electrons. The number of ether oxygens (including phenoxy) is 2. The zero-order valence-corrected chi connectivity index (χ0v) is 13.2. The maximum atomic E-state index is 5.94. The molecule has 1 heterocycles. The highest BCUT2D eigenvalue weighted by Gasteiger charge is 2.30. The van der Waals surface area contributed by atoms with E-state index in [2.05, 4.69) is 23.3 Å². The van der Waals surface area contributed by atoms with Gasteiger partial charge in [0.05, 0.1) is 24.9 Å². The Bertz CT molecular complexity index is 439. The molecule has 0 bridgehead atoms. The molecule has 0 amide bonds. The van der Waals surface area contributed by atoms with Crippen LogP contribution in [0.3, 0.4) is 0 Å². The highest BCUT2D eigenvalue weighted by molar-refractivity contribution is 5.37. The molecule has 21 heavy (non-hydrogen) atoms. The molecule has 0 aromatic heterocycles. The monoisotopic (exact) mass is 293 g/mol. The van der Waals surface area contributed by atoms with Crippen molar-refractivity contribution in [2.45, 2.75) is 39.0 Å². The number of nitrogens with two attached hydrogens (primary N) is 1. The molecule has 2 unspecified atom stereocenters. The summed E-state index contributed by atoms with van der Waals surface area (Å²) in [5.74, 6) is 6.69. The molecule has 1 aromatic carbocycles. The van der Waals surface area contributed by atoms with Crippen LogP contribution in [0.25, 0.3) is 0 Å². The first kappa shape index (κ1) is 16.2. The predicted molar refractivity (Wildman–Crippen MR) is 84.1 cm³/mol. The summed E-state index contributed by atoms with van der Waals surface area (Å²) < 4.78 is 11.8. The standard InChI is InChI=1S/C16H27N3O2/c1-4-19-9-10-20-15(11-19)16(18-17)13-7-5-6-8-14(13)21-12(2)3/h5-8,12,15-16,18H,4,9-11,17H2,1-3H3. The van der Waals surface area contributed by atoms with Crippen molar-refractivity contribution in [1.82, 2.24) is 10.3 Å². The fourth-order valence-corrected chi connectivity index (χ4v) is 2.72. The average Bonchev–Trinajstić information content (AvgIpc) is 2.49. The molecule has 5 nitrogen and oxygen atoms in total. The average molecular weight is 293 g/mol. The molecular formula is C16H27N3O2. The third-order valence-corrected chi connectivity index (χ3v) is 3.79. The van der Waals surface area contributed by atoms with Crippen molar-refractivity contribution in [3.63, 3.8) is 0 Å². The first-order chi connectivity index (χ1) is 10.2. The number of benzene rings is 1. The quantitative estimate of drug-likeness (QED) is 0.617. The summed E-state index contributed by atoms with van der Waals surface area (Å²) >= 11 is 0. The van der Waals surface area contributed by atoms with E-state index in [0.29, 0.717) is 0 Å². The molecule has 0 saturated carbocycles. The Morgan fingerprint density at radius 1 is 1.43 bits per heavy atom. The molecule has 0 radical (unpaired) electrons. The number of hydrogen-bond acceptors (Lipinski definition) is 5. The Kier molecular flexibility index (Phi) is 5.99. The zero-order chi connectivity index (χ0) is 15.2. The lowest BCUT2D eigenvalue weighted by atomic mass is 9.99. The van der Waals surface area contributed by atoms with Crippen LogP contribution >= 0.6 is 0 Å². The van der Waals surface area contributed by atoms with Crippen LogP contribution in [0, 0.1) is 0 Å². The number of hydrogen-bond donors (Lipinski definition) is 2. The van der Waals surface area contributed by atoms with E-state index >= 15 is 0 Å². The van der Waals surface area contributed by atoms with E-state index in [1.54, 1.807) is 0 Å². The number of nitrogens with zero attached hydrogens (tertiary/aromatic N) is 1. The molecule has 1 aliphatic rings. The van der Waals surface area contributed by atoms with Crippen molar-refractivity contribution in [3.05, 3.63) is 29.8 Å². The molecular weight excluding hydrogens is 266 g/mol. The van der Waals surface area contributed by atoms with Gasteiger partial charge < -0.3 is 9.47 Å². The van der Waals surface area contributed by atoms with E-state index < -0.39 is 0 Å². The maximum Gasteiger partial charge on any atom is 0.124 e. The minimum Gasteiger partial charge on any atom is -0.491 e. The number of rotatable bonds is 6. The van der Waals surface area contributed by atoms with Crippen LogP contribution in [0.4, 0.5) is 0 Å². The number of nitrogens with one attached hydrogen (secondary N) is 1. The van der Waals surface area contributed by atoms with E-state index in [-0.39, 0.29) is 18.2 Å². The van der Waals surface area contributed by atoms with Crippen molar-refractivity contribution >= 4 is 0 Å². The molecule has 1 aromatic rings. The highest BCUT2D eigenvalue weighted by Crippen LogP contribution is 2.30. The normalized spacial score (nSPS) is 21.5. The molecule has 1 saturated heterocycles. The lowest BCUT2D eigenvalue weighted by Crippen LogP contribution is -2.49. The van der Waals surface area contributed by atoms with Gasteiger partial charge in [0, 0.05) is 18.7 Å². The topological polar surface area (TPSA) is 59.8 Å². The Morgan fingerprint density at radius 2 is 2.19 bits per heavy atom. The summed E-state index contributed by atoms with van der Waals surface area (Å²) in [4.78, 5) is 2.38. The summed E-state index contributed by atoms with van der Waals surface area (Å²) in [5.41, 5.74) is 3.97. The largest absolute Gasteiger partial charge is 0.491 e. The predicted octanol–water partition coefficient (Wildman–Crippen LogP) is 1.70. The van der Waals surface area contributed by atoms with E-state index in [1.165, 1.54) is 0 Å². The van der Waals surface area contributed by atoms with Gasteiger partial charge in [-0.25, -0.2) is 0 Å². The summed E-state index contributed by atoms with van der Waals surface area (Å²) in [7, 11) is 0. The first-order valence-corrected chi connectivity index (χ1v) is 7.71. The molecule has 3 N–H and O–H groups in total. The van der Waals surface area contributed by atoms with Crippen molar-refractivity contribution in [2.75, 3.05) is 26.2 Å². The Morgan fingerprint density at radius 3 is 2.86 bits per heavy atom. The van der Waals surface area contributed by atoms with Gasteiger partial charge in [-0.05, 0) is 26.5 Å². The fraction of sp³-hybridized carbons (Fsp3) is 0.625. The number of para-hydroxylation sites is 1. The van der Waals surface area contributed by atoms with Gasteiger partial charge in [-0.3, -0.25) is 16.2 Å². The molecule has 1 aliphatic heterocycles. The summed E-state index contributed by atoms with van der Waals surface area (Å²) in [6.07, 6.45) is 0.157. The van der Waals surface area contributed by atoms with Crippen LogP contribution in [0.1, 0.15) is 32.4 Å². The van der Waals surface area contributed by atoms with Crippen LogP contribution in [0.2, 0.25) is 0 Å². The van der Waals surface area contributed by atoms with E-state index in [4.69, 9.17) is 15.3 Å². The zero-order valence-electron chi connectivity index (χ0n) is 13.2. The molecule has 2 rings (SSSR count).